The molecule has 0 radical (unpaired) electrons. The van der Waals surface area contributed by atoms with Crippen molar-refractivity contribution < 1.29 is 4.74 Å². The van der Waals surface area contributed by atoms with Crippen LogP contribution in [0.3, 0.4) is 0 Å². The number of hydrogen-bond donors (Lipinski definition) is 0. The van der Waals surface area contributed by atoms with E-state index in [0.717, 1.165) is 6.54 Å². The number of piperidine rings is 3. The number of nitrogens with zero attached hydrogens (tertiary/aromatic N) is 7. The average Bonchev–Trinajstić information content (AvgIpc) is 2.98. The van der Waals surface area contributed by atoms with Gasteiger partial charge in [-0.3, -0.25) is 9.88 Å². The first-order valence-corrected chi connectivity index (χ1v) is 7.94. The first-order chi connectivity index (χ1) is 11.3. The number of ether oxygens (including phenoxy) is 1. The molecule has 0 aromatic carbocycles. The van der Waals surface area contributed by atoms with Gasteiger partial charge in [-0.1, -0.05) is 0 Å². The second-order valence-electron chi connectivity index (χ2n) is 5.87. The van der Waals surface area contributed by atoms with Crippen molar-refractivity contribution in [1.82, 2.24) is 24.5 Å². The lowest BCUT2D eigenvalue weighted by molar-refractivity contribution is -0.0153. The SMILES string of the molecule is CC=NC(=Nc1nc2cnccn2n1)OC1CN2CCC1CC2. The van der Waals surface area contributed by atoms with Crippen molar-refractivity contribution >= 4 is 23.8 Å². The van der Waals surface area contributed by atoms with E-state index in [9.17, 15) is 0 Å². The molecule has 5 heterocycles. The summed E-state index contributed by atoms with van der Waals surface area (Å²) >= 11 is 0. The fourth-order valence-corrected chi connectivity index (χ4v) is 3.24. The molecular weight excluding hydrogens is 294 g/mol. The van der Waals surface area contributed by atoms with Gasteiger partial charge in [-0.25, -0.2) is 9.51 Å². The monoisotopic (exact) mass is 313 g/mol. The van der Waals surface area contributed by atoms with Crippen molar-refractivity contribution in [3.8, 4) is 0 Å². The van der Waals surface area contributed by atoms with E-state index in [0.29, 0.717) is 23.5 Å². The van der Waals surface area contributed by atoms with Crippen LogP contribution in [0.2, 0.25) is 0 Å². The fraction of sp³-hybridized carbons (Fsp3) is 0.533. The third-order valence-electron chi connectivity index (χ3n) is 4.42. The van der Waals surface area contributed by atoms with E-state index in [-0.39, 0.29) is 6.10 Å². The van der Waals surface area contributed by atoms with Crippen LogP contribution in [0.15, 0.2) is 28.6 Å². The topological polar surface area (TPSA) is 80.3 Å². The van der Waals surface area contributed by atoms with Gasteiger partial charge in [0.25, 0.3) is 5.95 Å². The maximum absolute atomic E-state index is 6.07. The minimum absolute atomic E-state index is 0.152. The highest BCUT2D eigenvalue weighted by Crippen LogP contribution is 2.29. The summed E-state index contributed by atoms with van der Waals surface area (Å²) in [5.74, 6) is 0.926. The minimum atomic E-state index is 0.152. The Kier molecular flexibility index (Phi) is 3.74. The molecule has 8 nitrogen and oxygen atoms in total. The van der Waals surface area contributed by atoms with Crippen LogP contribution in [0.25, 0.3) is 5.65 Å². The van der Waals surface area contributed by atoms with Crippen molar-refractivity contribution in [1.29, 1.82) is 0 Å². The van der Waals surface area contributed by atoms with Crippen LogP contribution in [0.1, 0.15) is 19.8 Å². The summed E-state index contributed by atoms with van der Waals surface area (Å²) in [5, 5.41) is 4.29. The molecule has 1 atom stereocenters. The molecule has 1 unspecified atom stereocenters. The molecule has 0 N–H and O–H groups in total. The zero-order valence-corrected chi connectivity index (χ0v) is 13.0. The predicted molar refractivity (Wildman–Crippen MR) is 86.1 cm³/mol. The van der Waals surface area contributed by atoms with Crippen LogP contribution in [0.5, 0.6) is 0 Å². The smallest absolute Gasteiger partial charge is 0.319 e. The Labute approximate surface area is 133 Å². The van der Waals surface area contributed by atoms with E-state index in [2.05, 4.69) is 30.0 Å². The van der Waals surface area contributed by atoms with Crippen LogP contribution in [0.4, 0.5) is 5.95 Å². The van der Waals surface area contributed by atoms with Gasteiger partial charge in [0, 0.05) is 25.2 Å². The molecule has 8 heteroatoms. The Morgan fingerprint density at radius 3 is 2.96 bits per heavy atom. The molecule has 3 fully saturated rings. The summed E-state index contributed by atoms with van der Waals surface area (Å²) in [7, 11) is 0. The number of fused-ring (bicyclic) bond motifs is 4. The molecule has 23 heavy (non-hydrogen) atoms. The third-order valence-corrected chi connectivity index (χ3v) is 4.42. The Morgan fingerprint density at radius 2 is 2.26 bits per heavy atom. The van der Waals surface area contributed by atoms with Crippen molar-refractivity contribution in [3.63, 3.8) is 0 Å². The Balaban J connectivity index is 1.57. The summed E-state index contributed by atoms with van der Waals surface area (Å²) in [6, 6.07) is 0.329. The predicted octanol–water partition coefficient (Wildman–Crippen LogP) is 1.31. The number of aliphatic imine (C=N–C) groups is 2. The molecule has 0 saturated carbocycles. The Bertz CT molecular complexity index is 712. The normalized spacial score (nSPS) is 27.9. The molecule has 3 aliphatic rings. The maximum Gasteiger partial charge on any atom is 0.319 e. The zero-order valence-electron chi connectivity index (χ0n) is 13.0. The number of hydrogen-bond acceptors (Lipinski definition) is 6. The minimum Gasteiger partial charge on any atom is -0.458 e. The summed E-state index contributed by atoms with van der Waals surface area (Å²) in [6.45, 7) is 5.14. The van der Waals surface area contributed by atoms with E-state index in [1.54, 1.807) is 29.3 Å². The lowest BCUT2D eigenvalue weighted by Gasteiger charge is -2.43. The summed E-state index contributed by atoms with van der Waals surface area (Å²) in [6.07, 6.45) is 9.24. The second-order valence-corrected chi connectivity index (χ2v) is 5.87. The molecule has 0 aliphatic carbocycles. The quantitative estimate of drug-likeness (QED) is 0.617. The van der Waals surface area contributed by atoms with Gasteiger partial charge in [-0.05, 0) is 38.8 Å². The Hall–Kier alpha value is -2.35. The summed E-state index contributed by atoms with van der Waals surface area (Å²) in [5.41, 5.74) is 0.647. The number of amidine groups is 1. The van der Waals surface area contributed by atoms with Gasteiger partial charge < -0.3 is 4.74 Å². The van der Waals surface area contributed by atoms with Crippen LogP contribution in [-0.2, 0) is 4.74 Å². The van der Waals surface area contributed by atoms with Crippen molar-refractivity contribution in [2.45, 2.75) is 25.9 Å². The number of aromatic nitrogens is 4. The van der Waals surface area contributed by atoms with Gasteiger partial charge in [0.1, 0.15) is 6.10 Å². The van der Waals surface area contributed by atoms with Crippen molar-refractivity contribution in [3.05, 3.63) is 18.6 Å². The highest BCUT2D eigenvalue weighted by Gasteiger charge is 2.36. The van der Waals surface area contributed by atoms with Crippen LogP contribution in [-0.4, -0.2) is 62.5 Å². The third kappa shape index (κ3) is 2.94. The first-order valence-electron chi connectivity index (χ1n) is 7.94. The standard InChI is InChI=1S/C15H19N7O/c1-2-17-15(23-12-10-21-6-3-11(12)4-7-21)19-14-18-13-9-16-5-8-22(13)20-14/h2,5,8-9,11-12H,3-4,6-7,10H2,1H3. The van der Waals surface area contributed by atoms with E-state index >= 15 is 0 Å². The summed E-state index contributed by atoms with van der Waals surface area (Å²) < 4.78 is 7.70. The number of rotatable bonds is 2. The van der Waals surface area contributed by atoms with Gasteiger partial charge in [0.2, 0.25) is 0 Å². The Morgan fingerprint density at radius 1 is 1.39 bits per heavy atom. The van der Waals surface area contributed by atoms with Gasteiger partial charge in [-0.2, -0.15) is 9.98 Å². The highest BCUT2D eigenvalue weighted by molar-refractivity contribution is 5.84. The molecule has 0 spiro atoms. The lowest BCUT2D eigenvalue weighted by atomic mass is 9.86. The zero-order chi connectivity index (χ0) is 15.6. The molecule has 5 rings (SSSR count). The molecular formula is C15H19N7O. The highest BCUT2D eigenvalue weighted by atomic mass is 16.5. The molecule has 0 amide bonds. The molecule has 3 saturated heterocycles. The second kappa shape index (κ2) is 6.04. The van der Waals surface area contributed by atoms with E-state index in [4.69, 9.17) is 4.74 Å². The molecule has 120 valence electrons. The van der Waals surface area contributed by atoms with Gasteiger partial charge in [0.15, 0.2) is 5.65 Å². The van der Waals surface area contributed by atoms with Gasteiger partial charge in [-0.15, -0.1) is 5.10 Å². The van der Waals surface area contributed by atoms with Crippen LogP contribution < -0.4 is 0 Å². The maximum atomic E-state index is 6.07. The van der Waals surface area contributed by atoms with E-state index < -0.39 is 0 Å². The fourth-order valence-electron chi connectivity index (χ4n) is 3.24. The van der Waals surface area contributed by atoms with Crippen LogP contribution in [0, 0.1) is 5.92 Å². The average molecular weight is 313 g/mol. The molecule has 2 bridgehead atoms. The first kappa shape index (κ1) is 14.3. The summed E-state index contributed by atoms with van der Waals surface area (Å²) in [4.78, 5) is 19.4. The van der Waals surface area contributed by atoms with Gasteiger partial charge >= 0.3 is 6.02 Å². The van der Waals surface area contributed by atoms with Crippen LogP contribution >= 0.6 is 0 Å². The van der Waals surface area contributed by atoms with E-state index in [1.165, 1.54) is 25.9 Å². The molecule has 3 aliphatic heterocycles. The molecule has 2 aromatic rings. The van der Waals surface area contributed by atoms with E-state index in [1.807, 2.05) is 6.92 Å². The molecule has 2 aromatic heterocycles. The van der Waals surface area contributed by atoms with Crippen molar-refractivity contribution in [2.24, 2.45) is 15.9 Å². The lowest BCUT2D eigenvalue weighted by Crippen LogP contribution is -2.51. The van der Waals surface area contributed by atoms with Crippen molar-refractivity contribution in [2.75, 3.05) is 19.6 Å². The van der Waals surface area contributed by atoms with Gasteiger partial charge in [0.05, 0.1) is 6.20 Å². The largest absolute Gasteiger partial charge is 0.458 e.